The smallest absolute Gasteiger partial charge is 0.416 e. The molecular weight excluding hydrogens is 427 g/mol. The van der Waals surface area contributed by atoms with Crippen LogP contribution in [0.2, 0.25) is 5.02 Å². The van der Waals surface area contributed by atoms with Crippen molar-refractivity contribution in [2.24, 2.45) is 4.99 Å². The van der Waals surface area contributed by atoms with E-state index in [1.165, 1.54) is 0 Å². The second-order valence-electron chi connectivity index (χ2n) is 8.22. The number of carbonyl (C=O) groups is 2. The Bertz CT molecular complexity index is 781. The van der Waals surface area contributed by atoms with Crippen molar-refractivity contribution >= 4 is 29.7 Å². The molecule has 11 heteroatoms. The van der Waals surface area contributed by atoms with Crippen molar-refractivity contribution < 1.29 is 32.2 Å². The number of guanidine groups is 1. The maximum atomic E-state index is 12.8. The molecule has 0 fully saturated rings. The number of halogens is 4. The lowest BCUT2D eigenvalue weighted by molar-refractivity contribution is -0.137. The van der Waals surface area contributed by atoms with E-state index in [-0.39, 0.29) is 23.1 Å². The monoisotopic (exact) mass is 451 g/mol. The second kappa shape index (κ2) is 9.55. The Labute approximate surface area is 178 Å². The van der Waals surface area contributed by atoms with Crippen molar-refractivity contribution in [3.63, 3.8) is 0 Å². The summed E-state index contributed by atoms with van der Waals surface area (Å²) in [5.41, 5.74) is -2.27. The number of amides is 2. The summed E-state index contributed by atoms with van der Waals surface area (Å²) in [6.07, 6.45) is -6.32. The van der Waals surface area contributed by atoms with E-state index in [4.69, 9.17) is 21.1 Å². The van der Waals surface area contributed by atoms with Crippen LogP contribution in [0.5, 0.6) is 0 Å². The molecule has 0 bridgehead atoms. The molecule has 0 saturated carbocycles. The fourth-order valence-electron chi connectivity index (χ4n) is 1.93. The van der Waals surface area contributed by atoms with Crippen LogP contribution in [0.25, 0.3) is 0 Å². The van der Waals surface area contributed by atoms with Crippen molar-refractivity contribution in [2.75, 3.05) is 0 Å². The first-order valence-corrected chi connectivity index (χ1v) is 9.24. The van der Waals surface area contributed by atoms with Gasteiger partial charge in [0.2, 0.25) is 5.96 Å². The molecule has 1 rings (SSSR count). The first kappa shape index (κ1) is 25.5. The molecule has 168 valence electrons. The van der Waals surface area contributed by atoms with Gasteiger partial charge in [0.25, 0.3) is 0 Å². The molecule has 0 unspecified atom stereocenters. The molecule has 0 spiro atoms. The molecule has 7 nitrogen and oxygen atoms in total. The van der Waals surface area contributed by atoms with Crippen molar-refractivity contribution in [2.45, 2.75) is 65.5 Å². The summed E-state index contributed by atoms with van der Waals surface area (Å²) in [4.78, 5) is 28.0. The quantitative estimate of drug-likeness (QED) is 0.474. The van der Waals surface area contributed by atoms with Crippen LogP contribution < -0.4 is 10.6 Å². The van der Waals surface area contributed by atoms with Crippen LogP contribution in [0.1, 0.15) is 52.7 Å². The number of alkyl carbamates (subject to hydrolysis) is 2. The van der Waals surface area contributed by atoms with Gasteiger partial charge in [-0.05, 0) is 59.2 Å². The first-order chi connectivity index (χ1) is 13.5. The molecule has 2 N–H and O–H groups in total. The third kappa shape index (κ3) is 9.82. The van der Waals surface area contributed by atoms with E-state index < -0.39 is 35.1 Å². The Morgan fingerprint density at radius 2 is 1.43 bits per heavy atom. The number of hydrogen-bond acceptors (Lipinski definition) is 5. The van der Waals surface area contributed by atoms with E-state index in [0.717, 1.165) is 18.2 Å². The lowest BCUT2D eigenvalue weighted by atomic mass is 10.1. The van der Waals surface area contributed by atoms with Gasteiger partial charge in [-0.1, -0.05) is 17.7 Å². The van der Waals surface area contributed by atoms with Crippen molar-refractivity contribution in [3.8, 4) is 0 Å². The molecule has 0 radical (unpaired) electrons. The minimum atomic E-state index is -4.53. The summed E-state index contributed by atoms with van der Waals surface area (Å²) in [5.74, 6) is -0.311. The van der Waals surface area contributed by atoms with Crippen LogP contribution in [0.4, 0.5) is 22.8 Å². The number of hydrogen-bond donors (Lipinski definition) is 2. The number of carbonyl (C=O) groups excluding carboxylic acids is 2. The second-order valence-corrected chi connectivity index (χ2v) is 8.63. The van der Waals surface area contributed by atoms with Gasteiger partial charge in [-0.25, -0.2) is 14.6 Å². The normalized spacial score (nSPS) is 12.1. The minimum Gasteiger partial charge on any atom is -0.444 e. The molecule has 0 aliphatic carbocycles. The highest BCUT2D eigenvalue weighted by molar-refractivity contribution is 6.31. The van der Waals surface area contributed by atoms with E-state index in [2.05, 4.69) is 15.6 Å². The number of ether oxygens (including phenoxy) is 2. The zero-order valence-corrected chi connectivity index (χ0v) is 18.3. The maximum Gasteiger partial charge on any atom is 0.416 e. The van der Waals surface area contributed by atoms with Crippen LogP contribution in [-0.2, 0) is 22.2 Å². The predicted molar refractivity (Wildman–Crippen MR) is 106 cm³/mol. The molecule has 0 aliphatic rings. The number of nitrogens with one attached hydrogen (secondary N) is 2. The standard InChI is InChI=1S/C19H25ClF3N3O4/c1-17(2,3)29-15(27)25-14(26-16(28)30-18(4,5)6)24-10-11-7-8-12(9-13(11)20)19(21,22)23/h7-9H,10H2,1-6H3,(H2,24,25,26,27,28). The summed E-state index contributed by atoms with van der Waals surface area (Å²) in [5, 5.41) is 4.37. The summed E-state index contributed by atoms with van der Waals surface area (Å²) in [6.45, 7) is 9.65. The highest BCUT2D eigenvalue weighted by atomic mass is 35.5. The molecule has 1 aromatic carbocycles. The average Bonchev–Trinajstić information content (AvgIpc) is 2.48. The number of aliphatic imine (C=N–C) groups is 1. The largest absolute Gasteiger partial charge is 0.444 e. The Morgan fingerprint density at radius 3 is 1.80 bits per heavy atom. The lowest BCUT2D eigenvalue weighted by Crippen LogP contribution is -2.47. The summed E-state index contributed by atoms with van der Waals surface area (Å²) in [7, 11) is 0. The number of benzene rings is 1. The molecule has 0 atom stereocenters. The summed E-state index contributed by atoms with van der Waals surface area (Å²) >= 11 is 5.91. The van der Waals surface area contributed by atoms with Crippen LogP contribution in [-0.4, -0.2) is 29.3 Å². The fourth-order valence-corrected chi connectivity index (χ4v) is 2.17. The van der Waals surface area contributed by atoms with Crippen molar-refractivity contribution in [1.82, 2.24) is 10.6 Å². The van der Waals surface area contributed by atoms with Gasteiger partial charge < -0.3 is 9.47 Å². The Hall–Kier alpha value is -2.49. The van der Waals surface area contributed by atoms with Gasteiger partial charge in [0.1, 0.15) is 11.2 Å². The SMILES string of the molecule is CC(C)(C)OC(=O)NC(=NCc1ccc(C(F)(F)F)cc1Cl)NC(=O)OC(C)(C)C. The summed E-state index contributed by atoms with van der Waals surface area (Å²) < 4.78 is 48.5. The van der Waals surface area contributed by atoms with Crippen LogP contribution in [0, 0.1) is 0 Å². The van der Waals surface area contributed by atoms with Gasteiger partial charge in [0.05, 0.1) is 12.1 Å². The average molecular weight is 452 g/mol. The molecule has 0 saturated heterocycles. The van der Waals surface area contributed by atoms with Gasteiger partial charge >= 0.3 is 18.4 Å². The van der Waals surface area contributed by atoms with E-state index >= 15 is 0 Å². The van der Waals surface area contributed by atoms with Crippen molar-refractivity contribution in [3.05, 3.63) is 34.3 Å². The van der Waals surface area contributed by atoms with E-state index in [9.17, 15) is 22.8 Å². The number of rotatable bonds is 2. The van der Waals surface area contributed by atoms with Crippen LogP contribution >= 0.6 is 11.6 Å². The number of alkyl halides is 3. The Kier molecular flexibility index (Phi) is 8.13. The highest BCUT2D eigenvalue weighted by Gasteiger charge is 2.30. The van der Waals surface area contributed by atoms with Gasteiger partial charge in [0, 0.05) is 5.02 Å². The third-order valence-electron chi connectivity index (χ3n) is 3.03. The van der Waals surface area contributed by atoms with Crippen molar-refractivity contribution in [1.29, 1.82) is 0 Å². The van der Waals surface area contributed by atoms with E-state index in [1.54, 1.807) is 41.5 Å². The Morgan fingerprint density at radius 1 is 0.967 bits per heavy atom. The topological polar surface area (TPSA) is 89.0 Å². The maximum absolute atomic E-state index is 12.8. The number of nitrogens with zero attached hydrogens (tertiary/aromatic N) is 1. The molecule has 1 aromatic rings. The zero-order valence-electron chi connectivity index (χ0n) is 17.5. The minimum absolute atomic E-state index is 0.164. The summed E-state index contributed by atoms with van der Waals surface area (Å²) in [6, 6.07) is 2.79. The van der Waals surface area contributed by atoms with E-state index in [0.29, 0.717) is 0 Å². The molecular formula is C19H25ClF3N3O4. The lowest BCUT2D eigenvalue weighted by Gasteiger charge is -2.22. The molecule has 0 aromatic heterocycles. The molecule has 0 aliphatic heterocycles. The molecule has 30 heavy (non-hydrogen) atoms. The van der Waals surface area contributed by atoms with Gasteiger partial charge in [0.15, 0.2) is 0 Å². The first-order valence-electron chi connectivity index (χ1n) is 8.86. The molecule has 2 amide bonds. The molecule has 0 heterocycles. The van der Waals surface area contributed by atoms with Gasteiger partial charge in [-0.2, -0.15) is 13.2 Å². The van der Waals surface area contributed by atoms with Crippen LogP contribution in [0.3, 0.4) is 0 Å². The fraction of sp³-hybridized carbons (Fsp3) is 0.526. The Balaban J connectivity index is 3.04. The van der Waals surface area contributed by atoms with Gasteiger partial charge in [-0.15, -0.1) is 0 Å². The third-order valence-corrected chi connectivity index (χ3v) is 3.38. The highest BCUT2D eigenvalue weighted by Crippen LogP contribution is 2.32. The predicted octanol–water partition coefficient (Wildman–Crippen LogP) is 5.26. The van der Waals surface area contributed by atoms with Crippen LogP contribution in [0.15, 0.2) is 23.2 Å². The van der Waals surface area contributed by atoms with E-state index in [1.807, 2.05) is 0 Å². The van der Waals surface area contributed by atoms with Gasteiger partial charge in [-0.3, -0.25) is 10.6 Å². The zero-order chi connectivity index (χ0) is 23.3.